The van der Waals surface area contributed by atoms with Crippen molar-refractivity contribution < 1.29 is 17.9 Å². The predicted molar refractivity (Wildman–Crippen MR) is 58.3 cm³/mol. The van der Waals surface area contributed by atoms with Crippen molar-refractivity contribution in [1.82, 2.24) is 4.31 Å². The minimum absolute atomic E-state index is 0.0370. The summed E-state index contributed by atoms with van der Waals surface area (Å²) in [5.41, 5.74) is 0. The molecule has 0 spiro atoms. The summed E-state index contributed by atoms with van der Waals surface area (Å²) < 4.78 is 30.2. The fourth-order valence-corrected chi connectivity index (χ4v) is 3.71. The normalized spacial score (nSPS) is 21.1. The molecule has 2 fully saturated rings. The Morgan fingerprint density at radius 3 is 2.38 bits per heavy atom. The highest BCUT2D eigenvalue weighted by Gasteiger charge is 2.46. The van der Waals surface area contributed by atoms with Gasteiger partial charge in [0.15, 0.2) is 0 Å². The summed E-state index contributed by atoms with van der Waals surface area (Å²) in [7, 11) is -3.25. The minimum atomic E-state index is -3.25. The van der Waals surface area contributed by atoms with E-state index in [1.807, 2.05) is 0 Å². The summed E-state index contributed by atoms with van der Waals surface area (Å²) in [6, 6.07) is 0.0370. The largest absolute Gasteiger partial charge is 0.465 e. The Morgan fingerprint density at radius 1 is 1.31 bits per heavy atom. The first-order valence-corrected chi connectivity index (χ1v) is 7.22. The van der Waals surface area contributed by atoms with Gasteiger partial charge in [0, 0.05) is 6.04 Å². The van der Waals surface area contributed by atoms with Crippen molar-refractivity contribution in [2.45, 2.75) is 43.9 Å². The third-order valence-corrected chi connectivity index (χ3v) is 5.21. The van der Waals surface area contributed by atoms with E-state index in [0.29, 0.717) is 6.61 Å². The lowest BCUT2D eigenvalue weighted by Gasteiger charge is -2.20. The maximum atomic E-state index is 12.0. The molecule has 0 aliphatic heterocycles. The lowest BCUT2D eigenvalue weighted by molar-refractivity contribution is -0.143. The van der Waals surface area contributed by atoms with E-state index >= 15 is 0 Å². The first-order chi connectivity index (χ1) is 7.55. The summed E-state index contributed by atoms with van der Waals surface area (Å²) in [5.74, 6) is -0.446. The molecule has 0 aromatic carbocycles. The van der Waals surface area contributed by atoms with Crippen molar-refractivity contribution >= 4 is 16.0 Å². The molecule has 16 heavy (non-hydrogen) atoms. The van der Waals surface area contributed by atoms with Crippen LogP contribution in [0, 0.1) is 0 Å². The third kappa shape index (κ3) is 2.55. The number of hydrogen-bond acceptors (Lipinski definition) is 4. The van der Waals surface area contributed by atoms with E-state index in [2.05, 4.69) is 0 Å². The van der Waals surface area contributed by atoms with Crippen molar-refractivity contribution in [2.24, 2.45) is 0 Å². The highest BCUT2D eigenvalue weighted by molar-refractivity contribution is 7.90. The predicted octanol–water partition coefficient (Wildman–Crippen LogP) is 0.506. The van der Waals surface area contributed by atoms with Crippen LogP contribution >= 0.6 is 0 Å². The number of rotatable bonds is 6. The van der Waals surface area contributed by atoms with Gasteiger partial charge in [0.05, 0.1) is 11.9 Å². The summed E-state index contributed by atoms with van der Waals surface area (Å²) >= 11 is 0. The Hall–Kier alpha value is -0.620. The van der Waals surface area contributed by atoms with E-state index < -0.39 is 16.0 Å². The maximum absolute atomic E-state index is 12.0. The molecule has 0 N–H and O–H groups in total. The molecule has 6 heteroatoms. The third-order valence-electron chi connectivity index (χ3n) is 2.82. The van der Waals surface area contributed by atoms with E-state index in [0.717, 1.165) is 25.7 Å². The van der Waals surface area contributed by atoms with Gasteiger partial charge in [-0.05, 0) is 32.6 Å². The van der Waals surface area contributed by atoms with Gasteiger partial charge in [0.25, 0.3) is 0 Å². The molecule has 5 nitrogen and oxygen atoms in total. The molecule has 0 saturated heterocycles. The number of carbonyl (C=O) groups is 1. The van der Waals surface area contributed by atoms with E-state index in [9.17, 15) is 13.2 Å². The van der Waals surface area contributed by atoms with Crippen LogP contribution in [0.5, 0.6) is 0 Å². The van der Waals surface area contributed by atoms with Gasteiger partial charge in [0.2, 0.25) is 10.0 Å². The molecule has 0 amide bonds. The highest BCUT2D eigenvalue weighted by atomic mass is 32.2. The van der Waals surface area contributed by atoms with Crippen LogP contribution in [0.25, 0.3) is 0 Å². The number of sulfonamides is 1. The second-order valence-corrected chi connectivity index (χ2v) is 6.49. The van der Waals surface area contributed by atoms with Gasteiger partial charge >= 0.3 is 5.97 Å². The fraction of sp³-hybridized carbons (Fsp3) is 0.900. The van der Waals surface area contributed by atoms with Crippen LogP contribution in [-0.4, -0.2) is 43.1 Å². The molecule has 0 unspecified atom stereocenters. The van der Waals surface area contributed by atoms with Crippen LogP contribution in [0.3, 0.4) is 0 Å². The topological polar surface area (TPSA) is 63.7 Å². The van der Waals surface area contributed by atoms with E-state index in [1.165, 1.54) is 4.31 Å². The van der Waals surface area contributed by atoms with Crippen LogP contribution in [-0.2, 0) is 19.6 Å². The Kier molecular flexibility index (Phi) is 3.21. The standard InChI is InChI=1S/C10H17NO4S/c1-2-15-10(12)7-11(8-3-4-8)16(13,14)9-5-6-9/h8-9H,2-7H2,1H3. The van der Waals surface area contributed by atoms with E-state index in [1.54, 1.807) is 6.92 Å². The number of esters is 1. The Labute approximate surface area is 95.8 Å². The van der Waals surface area contributed by atoms with Crippen molar-refractivity contribution in [3.63, 3.8) is 0 Å². The van der Waals surface area contributed by atoms with Crippen LogP contribution in [0.2, 0.25) is 0 Å². The van der Waals surface area contributed by atoms with Gasteiger partial charge in [-0.1, -0.05) is 0 Å². The highest BCUT2D eigenvalue weighted by Crippen LogP contribution is 2.37. The summed E-state index contributed by atoms with van der Waals surface area (Å²) in [6.45, 7) is 1.90. The summed E-state index contributed by atoms with van der Waals surface area (Å²) in [4.78, 5) is 11.3. The first-order valence-electron chi connectivity index (χ1n) is 5.72. The number of carbonyl (C=O) groups excluding carboxylic acids is 1. The average Bonchev–Trinajstić information content (AvgIpc) is 3.02. The van der Waals surface area contributed by atoms with Gasteiger partial charge in [-0.15, -0.1) is 0 Å². The Morgan fingerprint density at radius 2 is 1.94 bits per heavy atom. The summed E-state index contributed by atoms with van der Waals surface area (Å²) in [6.07, 6.45) is 3.19. The van der Waals surface area contributed by atoms with Crippen molar-refractivity contribution in [1.29, 1.82) is 0 Å². The Bertz CT molecular complexity index is 370. The molecule has 0 bridgehead atoms. The van der Waals surface area contributed by atoms with Crippen molar-refractivity contribution in [3.05, 3.63) is 0 Å². The van der Waals surface area contributed by atoms with Crippen LogP contribution in [0.1, 0.15) is 32.6 Å². The quantitative estimate of drug-likeness (QED) is 0.641. The smallest absolute Gasteiger partial charge is 0.321 e. The number of hydrogen-bond donors (Lipinski definition) is 0. The molecule has 0 heterocycles. The zero-order chi connectivity index (χ0) is 11.8. The second kappa shape index (κ2) is 4.33. The zero-order valence-electron chi connectivity index (χ0n) is 9.39. The second-order valence-electron chi connectivity index (χ2n) is 4.33. The van der Waals surface area contributed by atoms with Gasteiger partial charge in [-0.3, -0.25) is 4.79 Å². The fourth-order valence-electron chi connectivity index (χ4n) is 1.68. The molecule has 0 aromatic heterocycles. The SMILES string of the molecule is CCOC(=O)CN(C1CC1)S(=O)(=O)C1CC1. The van der Waals surface area contributed by atoms with Crippen LogP contribution < -0.4 is 0 Å². The van der Waals surface area contributed by atoms with Crippen molar-refractivity contribution in [2.75, 3.05) is 13.2 Å². The van der Waals surface area contributed by atoms with Gasteiger partial charge < -0.3 is 4.74 Å². The molecule has 2 aliphatic rings. The zero-order valence-corrected chi connectivity index (χ0v) is 10.2. The number of ether oxygens (including phenoxy) is 1. The van der Waals surface area contributed by atoms with Gasteiger partial charge in [0.1, 0.15) is 6.54 Å². The minimum Gasteiger partial charge on any atom is -0.465 e. The molecule has 2 aliphatic carbocycles. The van der Waals surface area contributed by atoms with Crippen molar-refractivity contribution in [3.8, 4) is 0 Å². The lowest BCUT2D eigenvalue weighted by Crippen LogP contribution is -2.40. The molecule has 0 atom stereocenters. The first kappa shape index (κ1) is 11.9. The van der Waals surface area contributed by atoms with Crippen LogP contribution in [0.15, 0.2) is 0 Å². The van der Waals surface area contributed by atoms with E-state index in [4.69, 9.17) is 4.74 Å². The monoisotopic (exact) mass is 247 g/mol. The van der Waals surface area contributed by atoms with Crippen LogP contribution in [0.4, 0.5) is 0 Å². The molecule has 2 rings (SSSR count). The molecule has 92 valence electrons. The number of nitrogens with zero attached hydrogens (tertiary/aromatic N) is 1. The molecular weight excluding hydrogens is 230 g/mol. The van der Waals surface area contributed by atoms with Gasteiger partial charge in [-0.2, -0.15) is 4.31 Å². The maximum Gasteiger partial charge on any atom is 0.321 e. The molecule has 0 aromatic rings. The van der Waals surface area contributed by atoms with E-state index in [-0.39, 0.29) is 17.8 Å². The average molecular weight is 247 g/mol. The Balaban J connectivity index is 2.02. The molecular formula is C10H17NO4S. The molecule has 0 radical (unpaired) electrons. The van der Waals surface area contributed by atoms with Gasteiger partial charge in [-0.25, -0.2) is 8.42 Å². The summed E-state index contributed by atoms with van der Waals surface area (Å²) in [5, 5.41) is -0.248. The molecule has 2 saturated carbocycles. The lowest BCUT2D eigenvalue weighted by atomic mass is 10.6.